The van der Waals surface area contributed by atoms with Crippen molar-refractivity contribution >= 4 is 11.9 Å². The van der Waals surface area contributed by atoms with Crippen LogP contribution >= 0.6 is 0 Å². The van der Waals surface area contributed by atoms with Crippen LogP contribution in [0, 0.1) is 0 Å². The molecule has 7 nitrogen and oxygen atoms in total. The third-order valence-electron chi connectivity index (χ3n) is 6.46. The number of methoxy groups -OCH3 is 1. The summed E-state index contributed by atoms with van der Waals surface area (Å²) >= 11 is 0. The number of ether oxygens (including phenoxy) is 5. The van der Waals surface area contributed by atoms with E-state index in [0.29, 0.717) is 19.3 Å². The van der Waals surface area contributed by atoms with Crippen molar-refractivity contribution in [2.45, 2.75) is 101 Å². The molecule has 28 heavy (non-hydrogen) atoms. The topological polar surface area (TPSA) is 80.3 Å². The van der Waals surface area contributed by atoms with Gasteiger partial charge in [0.05, 0.1) is 25.7 Å². The second-order valence-electron chi connectivity index (χ2n) is 8.43. The monoisotopic (exact) mass is 394 g/mol. The van der Waals surface area contributed by atoms with Gasteiger partial charge in [-0.25, -0.2) is 0 Å². The second kappa shape index (κ2) is 7.76. The number of fused-ring (bicyclic) bond motifs is 4. The number of carbonyl (C=O) groups excluding carboxylic acids is 2. The Labute approximate surface area is 165 Å². The highest BCUT2D eigenvalue weighted by atomic mass is 16.8. The first kappa shape index (κ1) is 19.9. The molecule has 4 rings (SSSR count). The molecule has 0 amide bonds. The van der Waals surface area contributed by atoms with Crippen molar-refractivity contribution in [3.8, 4) is 0 Å². The lowest BCUT2D eigenvalue weighted by molar-refractivity contribution is -0.207. The molecular formula is C21H30O7. The standard InChI is InChI=1S/C21H30O7/c1-14(22)26-20-12-15(25-17(20)8-4-5-9-18(23)24-2)19-16(13-20)27-21(28-19)10-6-3-7-11-21/h4-5,15-17,19H,3,6-13H2,1-2H3/b5-4+/t15-,16-,17+,19+,20-/m1/s1. The van der Waals surface area contributed by atoms with E-state index in [4.69, 9.17) is 18.9 Å². The predicted octanol–water partition coefficient (Wildman–Crippen LogP) is 2.80. The normalized spacial score (nSPS) is 38.5. The highest BCUT2D eigenvalue weighted by Crippen LogP contribution is 2.53. The Bertz CT molecular complexity index is 639. The lowest BCUT2D eigenvalue weighted by atomic mass is 9.78. The number of hydrogen-bond acceptors (Lipinski definition) is 7. The SMILES string of the molecule is COC(=O)C/C=C/C[C@@H]1O[C@@H]2C[C@@]1(OC(C)=O)C[C@H]1OC3(CCCCC3)O[C@@H]21. The van der Waals surface area contributed by atoms with Crippen LogP contribution in [-0.2, 0) is 33.3 Å². The molecule has 2 saturated heterocycles. The fourth-order valence-electron chi connectivity index (χ4n) is 5.29. The summed E-state index contributed by atoms with van der Waals surface area (Å²) in [4.78, 5) is 23.1. The largest absolute Gasteiger partial charge is 0.469 e. The van der Waals surface area contributed by atoms with Gasteiger partial charge in [-0.15, -0.1) is 0 Å². The van der Waals surface area contributed by atoms with Crippen molar-refractivity contribution in [1.82, 2.24) is 0 Å². The molecule has 2 bridgehead atoms. The van der Waals surface area contributed by atoms with Gasteiger partial charge in [0, 0.05) is 32.6 Å². The Morgan fingerprint density at radius 3 is 2.54 bits per heavy atom. The lowest BCUT2D eigenvalue weighted by Crippen LogP contribution is -2.50. The predicted molar refractivity (Wildman–Crippen MR) is 98.3 cm³/mol. The van der Waals surface area contributed by atoms with E-state index < -0.39 is 11.4 Å². The molecule has 0 aromatic carbocycles. The molecule has 0 aromatic heterocycles. The van der Waals surface area contributed by atoms with Crippen LogP contribution < -0.4 is 0 Å². The van der Waals surface area contributed by atoms with Gasteiger partial charge in [-0.3, -0.25) is 9.59 Å². The lowest BCUT2D eigenvalue weighted by Gasteiger charge is -2.37. The summed E-state index contributed by atoms with van der Waals surface area (Å²) in [5, 5.41) is 0. The van der Waals surface area contributed by atoms with Crippen LogP contribution in [0.1, 0.15) is 64.7 Å². The van der Waals surface area contributed by atoms with E-state index >= 15 is 0 Å². The zero-order chi connectivity index (χ0) is 19.8. The van der Waals surface area contributed by atoms with Gasteiger partial charge in [0.2, 0.25) is 0 Å². The third kappa shape index (κ3) is 3.72. The summed E-state index contributed by atoms with van der Waals surface area (Å²) < 4.78 is 29.7. The number of carbonyl (C=O) groups is 2. The van der Waals surface area contributed by atoms with Crippen LogP contribution in [0.25, 0.3) is 0 Å². The molecule has 0 unspecified atom stereocenters. The average molecular weight is 394 g/mol. The Kier molecular flexibility index (Phi) is 5.51. The average Bonchev–Trinajstić information content (AvgIpc) is 3.15. The molecular weight excluding hydrogens is 364 g/mol. The van der Waals surface area contributed by atoms with Gasteiger partial charge in [0.25, 0.3) is 0 Å². The Morgan fingerprint density at radius 1 is 1.07 bits per heavy atom. The Morgan fingerprint density at radius 2 is 1.82 bits per heavy atom. The minimum atomic E-state index is -0.698. The Hall–Kier alpha value is -1.44. The summed E-state index contributed by atoms with van der Waals surface area (Å²) in [6.45, 7) is 1.44. The van der Waals surface area contributed by atoms with Crippen molar-refractivity contribution in [2.24, 2.45) is 0 Å². The van der Waals surface area contributed by atoms with E-state index in [0.717, 1.165) is 25.7 Å². The minimum absolute atomic E-state index is 0.106. The molecule has 7 heteroatoms. The molecule has 1 spiro atoms. The highest BCUT2D eigenvalue weighted by molar-refractivity contribution is 5.70. The van der Waals surface area contributed by atoms with Crippen molar-refractivity contribution in [2.75, 3.05) is 7.11 Å². The maximum atomic E-state index is 11.9. The van der Waals surface area contributed by atoms with Gasteiger partial charge in [0.15, 0.2) is 5.79 Å². The van der Waals surface area contributed by atoms with Gasteiger partial charge in [-0.2, -0.15) is 0 Å². The third-order valence-corrected chi connectivity index (χ3v) is 6.46. The zero-order valence-corrected chi connectivity index (χ0v) is 16.7. The fourth-order valence-corrected chi connectivity index (χ4v) is 5.29. The van der Waals surface area contributed by atoms with Crippen molar-refractivity contribution in [3.63, 3.8) is 0 Å². The van der Waals surface area contributed by atoms with Gasteiger partial charge >= 0.3 is 11.9 Å². The first-order valence-electron chi connectivity index (χ1n) is 10.4. The van der Waals surface area contributed by atoms with E-state index in [1.165, 1.54) is 20.5 Å². The van der Waals surface area contributed by atoms with Gasteiger partial charge in [0.1, 0.15) is 17.8 Å². The number of hydrogen-bond donors (Lipinski definition) is 0. The number of rotatable bonds is 5. The summed E-state index contributed by atoms with van der Waals surface area (Å²) in [7, 11) is 1.37. The van der Waals surface area contributed by atoms with Gasteiger partial charge in [-0.05, 0) is 19.3 Å². The molecule has 5 atom stereocenters. The molecule has 2 aliphatic heterocycles. The molecule has 4 fully saturated rings. The Balaban J connectivity index is 1.47. The summed E-state index contributed by atoms with van der Waals surface area (Å²) in [5.41, 5.74) is -0.698. The number of esters is 2. The fraction of sp³-hybridized carbons (Fsp3) is 0.810. The van der Waals surface area contributed by atoms with Gasteiger partial charge in [-0.1, -0.05) is 18.6 Å². The van der Waals surface area contributed by atoms with Crippen molar-refractivity contribution < 1.29 is 33.3 Å². The van der Waals surface area contributed by atoms with Crippen LogP contribution in [0.5, 0.6) is 0 Å². The first-order valence-corrected chi connectivity index (χ1v) is 10.4. The van der Waals surface area contributed by atoms with Crippen LogP contribution in [0.15, 0.2) is 12.2 Å². The summed E-state index contributed by atoms with van der Waals surface area (Å²) in [5.74, 6) is -1.07. The van der Waals surface area contributed by atoms with E-state index in [1.807, 2.05) is 6.08 Å². The molecule has 0 N–H and O–H groups in total. The minimum Gasteiger partial charge on any atom is -0.469 e. The summed E-state index contributed by atoms with van der Waals surface area (Å²) in [6.07, 6.45) is 10.3. The molecule has 4 aliphatic rings. The molecule has 2 saturated carbocycles. The highest BCUT2D eigenvalue weighted by Gasteiger charge is 2.64. The van der Waals surface area contributed by atoms with E-state index in [9.17, 15) is 9.59 Å². The molecule has 0 radical (unpaired) electrons. The van der Waals surface area contributed by atoms with Crippen molar-refractivity contribution in [3.05, 3.63) is 12.2 Å². The smallest absolute Gasteiger partial charge is 0.309 e. The van der Waals surface area contributed by atoms with Crippen molar-refractivity contribution in [1.29, 1.82) is 0 Å². The quantitative estimate of drug-likeness (QED) is 0.524. The molecule has 0 aromatic rings. The van der Waals surface area contributed by atoms with Crippen LogP contribution in [0.2, 0.25) is 0 Å². The van der Waals surface area contributed by atoms with E-state index in [1.54, 1.807) is 6.08 Å². The zero-order valence-electron chi connectivity index (χ0n) is 16.7. The molecule has 2 heterocycles. The van der Waals surface area contributed by atoms with Crippen LogP contribution in [0.3, 0.4) is 0 Å². The van der Waals surface area contributed by atoms with Crippen LogP contribution in [-0.4, -0.2) is 54.9 Å². The second-order valence-corrected chi connectivity index (χ2v) is 8.43. The maximum absolute atomic E-state index is 11.9. The maximum Gasteiger partial charge on any atom is 0.309 e. The first-order chi connectivity index (χ1) is 13.5. The van der Waals surface area contributed by atoms with E-state index in [2.05, 4.69) is 4.74 Å². The molecule has 156 valence electrons. The summed E-state index contributed by atoms with van der Waals surface area (Å²) in [6, 6.07) is 0. The van der Waals surface area contributed by atoms with Gasteiger partial charge < -0.3 is 23.7 Å². The van der Waals surface area contributed by atoms with Crippen LogP contribution in [0.4, 0.5) is 0 Å². The van der Waals surface area contributed by atoms with E-state index in [-0.39, 0.29) is 42.8 Å². The molecule has 2 aliphatic carbocycles.